The average Bonchev–Trinajstić information content (AvgIpc) is 2.59. The van der Waals surface area contributed by atoms with Crippen molar-refractivity contribution in [2.75, 3.05) is 25.1 Å². The molecule has 0 spiro atoms. The molecule has 1 N–H and O–H groups in total. The molecule has 5 heteroatoms. The highest BCUT2D eigenvalue weighted by atomic mass is 32.1. The van der Waals surface area contributed by atoms with Crippen LogP contribution < -0.4 is 4.90 Å². The third kappa shape index (κ3) is 3.68. The van der Waals surface area contributed by atoms with Crippen molar-refractivity contribution >= 4 is 16.5 Å². The molecule has 0 atom stereocenters. The highest BCUT2D eigenvalue weighted by Gasteiger charge is 2.26. The van der Waals surface area contributed by atoms with Crippen LogP contribution in [-0.4, -0.2) is 30.3 Å². The van der Waals surface area contributed by atoms with E-state index in [0.717, 1.165) is 28.8 Å². The maximum Gasteiger partial charge on any atom is 0.185 e. The van der Waals surface area contributed by atoms with Gasteiger partial charge in [-0.05, 0) is 26.7 Å². The molecule has 1 saturated heterocycles. The Bertz CT molecular complexity index is 404. The molecule has 108 valence electrons. The van der Waals surface area contributed by atoms with Crippen LogP contribution in [0.2, 0.25) is 0 Å². The van der Waals surface area contributed by atoms with Crippen LogP contribution in [0.15, 0.2) is 0 Å². The summed E-state index contributed by atoms with van der Waals surface area (Å²) in [5.74, 6) is 0. The molecule has 1 aromatic rings. The number of ether oxygens (including phenoxy) is 1. The second kappa shape index (κ2) is 6.20. The van der Waals surface area contributed by atoms with Gasteiger partial charge in [0, 0.05) is 20.2 Å². The summed E-state index contributed by atoms with van der Waals surface area (Å²) in [5.41, 5.74) is 0.0227. The van der Waals surface area contributed by atoms with Gasteiger partial charge in [0.2, 0.25) is 0 Å². The Morgan fingerprint density at radius 1 is 1.26 bits per heavy atom. The van der Waals surface area contributed by atoms with Crippen molar-refractivity contribution in [3.05, 3.63) is 10.6 Å². The van der Waals surface area contributed by atoms with E-state index in [2.05, 4.69) is 4.90 Å². The SMILES string of the molecule is COCc1nc(N2CCCCCC2)sc1C(C)(C)O. The van der Waals surface area contributed by atoms with Gasteiger partial charge in [0.05, 0.1) is 22.8 Å². The van der Waals surface area contributed by atoms with Gasteiger partial charge < -0.3 is 14.7 Å². The molecule has 0 radical (unpaired) electrons. The van der Waals surface area contributed by atoms with E-state index < -0.39 is 5.60 Å². The fourth-order valence-corrected chi connectivity index (χ4v) is 3.57. The highest BCUT2D eigenvalue weighted by molar-refractivity contribution is 7.15. The Kier molecular flexibility index (Phi) is 4.81. The molecule has 0 amide bonds. The van der Waals surface area contributed by atoms with Gasteiger partial charge in [-0.3, -0.25) is 0 Å². The molecule has 0 bridgehead atoms. The van der Waals surface area contributed by atoms with Crippen LogP contribution in [0.4, 0.5) is 5.13 Å². The van der Waals surface area contributed by atoms with Crippen molar-refractivity contribution in [2.24, 2.45) is 0 Å². The zero-order valence-corrected chi connectivity index (χ0v) is 12.9. The van der Waals surface area contributed by atoms with Gasteiger partial charge in [-0.15, -0.1) is 0 Å². The molecule has 0 saturated carbocycles. The minimum atomic E-state index is -0.852. The van der Waals surface area contributed by atoms with Gasteiger partial charge in [-0.1, -0.05) is 24.2 Å². The Labute approximate surface area is 119 Å². The predicted molar refractivity (Wildman–Crippen MR) is 78.8 cm³/mol. The predicted octanol–water partition coefficient (Wildman–Crippen LogP) is 2.90. The van der Waals surface area contributed by atoms with Gasteiger partial charge in [-0.25, -0.2) is 4.98 Å². The molecule has 1 aliphatic heterocycles. The van der Waals surface area contributed by atoms with Crippen LogP contribution >= 0.6 is 11.3 Å². The Balaban J connectivity index is 2.25. The van der Waals surface area contributed by atoms with Crippen molar-refractivity contribution in [1.29, 1.82) is 0 Å². The molecule has 4 nitrogen and oxygen atoms in total. The summed E-state index contributed by atoms with van der Waals surface area (Å²) in [7, 11) is 1.67. The van der Waals surface area contributed by atoms with Crippen LogP contribution in [-0.2, 0) is 16.9 Å². The van der Waals surface area contributed by atoms with E-state index in [1.165, 1.54) is 25.7 Å². The highest BCUT2D eigenvalue weighted by Crippen LogP contribution is 2.35. The van der Waals surface area contributed by atoms with E-state index in [1.54, 1.807) is 18.4 Å². The summed E-state index contributed by atoms with van der Waals surface area (Å²) in [6.45, 7) is 6.23. The van der Waals surface area contributed by atoms with Crippen molar-refractivity contribution in [3.63, 3.8) is 0 Å². The number of anilines is 1. The van der Waals surface area contributed by atoms with E-state index in [4.69, 9.17) is 9.72 Å². The number of methoxy groups -OCH3 is 1. The number of nitrogens with zero attached hydrogens (tertiary/aromatic N) is 2. The summed E-state index contributed by atoms with van der Waals surface area (Å²) >= 11 is 1.61. The molecule has 0 aromatic carbocycles. The third-order valence-corrected chi connectivity index (χ3v) is 4.87. The molecular weight excluding hydrogens is 260 g/mol. The Morgan fingerprint density at radius 3 is 2.42 bits per heavy atom. The smallest absolute Gasteiger partial charge is 0.185 e. The quantitative estimate of drug-likeness (QED) is 0.923. The summed E-state index contributed by atoms with van der Waals surface area (Å²) in [6.07, 6.45) is 5.09. The number of thiazole rings is 1. The van der Waals surface area contributed by atoms with Crippen molar-refractivity contribution < 1.29 is 9.84 Å². The number of hydrogen-bond donors (Lipinski definition) is 1. The number of hydrogen-bond acceptors (Lipinski definition) is 5. The summed E-state index contributed by atoms with van der Waals surface area (Å²) < 4.78 is 5.20. The van der Waals surface area contributed by atoms with Crippen molar-refractivity contribution in [2.45, 2.75) is 51.7 Å². The van der Waals surface area contributed by atoms with E-state index in [0.29, 0.717) is 6.61 Å². The largest absolute Gasteiger partial charge is 0.385 e. The molecule has 2 heterocycles. The summed E-state index contributed by atoms with van der Waals surface area (Å²) in [5, 5.41) is 11.3. The molecule has 0 aliphatic carbocycles. The summed E-state index contributed by atoms with van der Waals surface area (Å²) in [4.78, 5) is 7.97. The maximum absolute atomic E-state index is 10.3. The van der Waals surface area contributed by atoms with Gasteiger partial charge in [0.1, 0.15) is 0 Å². The van der Waals surface area contributed by atoms with Gasteiger partial charge in [0.15, 0.2) is 5.13 Å². The van der Waals surface area contributed by atoms with Gasteiger partial charge in [-0.2, -0.15) is 0 Å². The molecule has 19 heavy (non-hydrogen) atoms. The Morgan fingerprint density at radius 2 is 1.89 bits per heavy atom. The van der Waals surface area contributed by atoms with E-state index in [1.807, 2.05) is 13.8 Å². The van der Waals surface area contributed by atoms with Crippen LogP contribution in [0.1, 0.15) is 50.1 Å². The Hall–Kier alpha value is -0.650. The van der Waals surface area contributed by atoms with E-state index >= 15 is 0 Å². The molecule has 1 aromatic heterocycles. The van der Waals surface area contributed by atoms with Gasteiger partial charge in [0.25, 0.3) is 0 Å². The minimum absolute atomic E-state index is 0.462. The number of aromatic nitrogens is 1. The van der Waals surface area contributed by atoms with Gasteiger partial charge >= 0.3 is 0 Å². The lowest BCUT2D eigenvalue weighted by molar-refractivity contribution is 0.0782. The molecule has 1 aliphatic rings. The van der Waals surface area contributed by atoms with Crippen LogP contribution in [0.5, 0.6) is 0 Å². The summed E-state index contributed by atoms with van der Waals surface area (Å²) in [6, 6.07) is 0. The first-order valence-corrected chi connectivity index (χ1v) is 7.80. The second-order valence-corrected chi connectivity index (χ2v) is 6.64. The second-order valence-electron chi connectivity index (χ2n) is 5.67. The fraction of sp³-hybridized carbons (Fsp3) is 0.786. The number of rotatable bonds is 4. The lowest BCUT2D eigenvalue weighted by Gasteiger charge is -2.19. The maximum atomic E-state index is 10.3. The minimum Gasteiger partial charge on any atom is -0.385 e. The first-order valence-electron chi connectivity index (χ1n) is 6.99. The van der Waals surface area contributed by atoms with E-state index in [9.17, 15) is 5.11 Å². The van der Waals surface area contributed by atoms with E-state index in [-0.39, 0.29) is 0 Å². The molecule has 0 unspecified atom stereocenters. The average molecular weight is 284 g/mol. The third-order valence-electron chi connectivity index (χ3n) is 3.40. The molecule has 1 fully saturated rings. The standard InChI is InChI=1S/C14H24N2O2S/c1-14(2,17)12-11(10-18-3)15-13(19-12)16-8-6-4-5-7-9-16/h17H,4-10H2,1-3H3. The normalized spacial score (nSPS) is 17.6. The van der Waals surface area contributed by atoms with Crippen LogP contribution in [0.3, 0.4) is 0 Å². The zero-order valence-electron chi connectivity index (χ0n) is 12.1. The fourth-order valence-electron chi connectivity index (χ4n) is 2.45. The molecule has 2 rings (SSSR count). The molecular formula is C14H24N2O2S. The monoisotopic (exact) mass is 284 g/mol. The lowest BCUT2D eigenvalue weighted by Crippen LogP contribution is -2.23. The topological polar surface area (TPSA) is 45.6 Å². The lowest BCUT2D eigenvalue weighted by atomic mass is 10.1. The zero-order chi connectivity index (χ0) is 13.9. The first-order chi connectivity index (χ1) is 9.02. The van der Waals surface area contributed by atoms with Crippen molar-refractivity contribution in [1.82, 2.24) is 4.98 Å². The van der Waals surface area contributed by atoms with Crippen LogP contribution in [0, 0.1) is 0 Å². The first kappa shape index (κ1) is 14.8. The van der Waals surface area contributed by atoms with Crippen LogP contribution in [0.25, 0.3) is 0 Å². The van der Waals surface area contributed by atoms with Crippen molar-refractivity contribution in [3.8, 4) is 0 Å². The number of aliphatic hydroxyl groups is 1.